The predicted octanol–water partition coefficient (Wildman–Crippen LogP) is 2.30. The zero-order valence-corrected chi connectivity index (χ0v) is 11.2. The number of nitrogens with one attached hydrogen (secondary N) is 1. The summed E-state index contributed by atoms with van der Waals surface area (Å²) in [4.78, 5) is 11.6. The third kappa shape index (κ3) is 2.77. The number of aromatic nitrogens is 2. The molecule has 2 heterocycles. The summed E-state index contributed by atoms with van der Waals surface area (Å²) in [7, 11) is 0. The molecule has 0 saturated carbocycles. The molecule has 102 valence electrons. The lowest BCUT2D eigenvalue weighted by Crippen LogP contribution is -2.41. The summed E-state index contributed by atoms with van der Waals surface area (Å²) in [5, 5.41) is 3.08. The number of aromatic amines is 1. The molecule has 0 bridgehead atoms. The number of esters is 1. The highest BCUT2D eigenvalue weighted by Gasteiger charge is 2.31. The number of ether oxygens (including phenoxy) is 2. The van der Waals surface area contributed by atoms with E-state index in [1.165, 1.54) is 0 Å². The van der Waals surface area contributed by atoms with E-state index in [2.05, 4.69) is 18.9 Å². The Bertz CT molecular complexity index is 376. The minimum Gasteiger partial charge on any atom is -0.461 e. The van der Waals surface area contributed by atoms with Crippen molar-refractivity contribution in [3.63, 3.8) is 0 Å². The summed E-state index contributed by atoms with van der Waals surface area (Å²) in [6, 6.07) is 0. The molecule has 1 aromatic heterocycles. The van der Waals surface area contributed by atoms with Gasteiger partial charge in [-0.3, -0.25) is 9.78 Å². The highest BCUT2D eigenvalue weighted by Crippen LogP contribution is 2.28. The third-order valence-corrected chi connectivity index (χ3v) is 3.60. The number of hydrogen-bond acceptors (Lipinski definition) is 3. The summed E-state index contributed by atoms with van der Waals surface area (Å²) >= 11 is 0. The molecule has 0 radical (unpaired) electrons. The van der Waals surface area contributed by atoms with Crippen LogP contribution in [0.3, 0.4) is 0 Å². The summed E-state index contributed by atoms with van der Waals surface area (Å²) < 4.78 is 12.5. The van der Waals surface area contributed by atoms with Gasteiger partial charge in [0.25, 0.3) is 0 Å². The van der Waals surface area contributed by atoms with Crippen LogP contribution in [0.5, 0.6) is 0 Å². The second-order valence-corrected chi connectivity index (χ2v) is 5.12. The van der Waals surface area contributed by atoms with Crippen LogP contribution in [0.1, 0.15) is 50.0 Å². The average molecular weight is 254 g/mol. The fourth-order valence-electron chi connectivity index (χ4n) is 2.08. The maximum absolute atomic E-state index is 11.6. The molecule has 2 rings (SSSR count). The van der Waals surface area contributed by atoms with Crippen LogP contribution in [0.2, 0.25) is 0 Å². The van der Waals surface area contributed by atoms with Crippen molar-refractivity contribution >= 4 is 5.97 Å². The highest BCUT2D eigenvalue weighted by atomic mass is 16.5. The van der Waals surface area contributed by atoms with Gasteiger partial charge in [-0.05, 0) is 26.2 Å². The Kier molecular flexibility index (Phi) is 4.11. The summed E-state index contributed by atoms with van der Waals surface area (Å²) in [5.74, 6) is -0.254. The summed E-state index contributed by atoms with van der Waals surface area (Å²) in [5.41, 5.74) is 0.602. The molecule has 0 aliphatic carbocycles. The molecule has 0 spiro atoms. The van der Waals surface area contributed by atoms with Gasteiger partial charge in [0.05, 0.1) is 18.3 Å². The fraction of sp³-hybridized carbons (Fsp3) is 0.769. The van der Waals surface area contributed by atoms with Crippen LogP contribution >= 0.6 is 0 Å². The molecule has 1 aliphatic heterocycles. The molecule has 5 heteroatoms. The van der Waals surface area contributed by atoms with Crippen molar-refractivity contribution in [3.8, 4) is 0 Å². The Labute approximate surface area is 107 Å². The Morgan fingerprint density at radius 3 is 2.83 bits per heavy atom. The number of hydrogen-bond donors (Lipinski definition) is 1. The van der Waals surface area contributed by atoms with E-state index in [1.807, 2.05) is 10.9 Å². The molecule has 5 nitrogen and oxygen atoms in total. The second-order valence-electron chi connectivity index (χ2n) is 5.12. The molecule has 0 aromatic carbocycles. The highest BCUT2D eigenvalue weighted by molar-refractivity contribution is 5.87. The van der Waals surface area contributed by atoms with E-state index in [4.69, 9.17) is 9.47 Å². The Balaban J connectivity index is 1.87. The van der Waals surface area contributed by atoms with E-state index in [0.29, 0.717) is 12.3 Å². The minimum absolute atomic E-state index is 0.0471. The van der Waals surface area contributed by atoms with Crippen molar-refractivity contribution < 1.29 is 14.3 Å². The molecule has 1 saturated heterocycles. The van der Waals surface area contributed by atoms with Crippen molar-refractivity contribution in [2.75, 3.05) is 19.8 Å². The van der Waals surface area contributed by atoms with Crippen LogP contribution in [-0.4, -0.2) is 35.6 Å². The van der Waals surface area contributed by atoms with Crippen LogP contribution in [0.25, 0.3) is 0 Å². The number of rotatable bonds is 5. The van der Waals surface area contributed by atoms with Crippen LogP contribution in [0.4, 0.5) is 0 Å². The molecule has 1 N–H and O–H groups in total. The van der Waals surface area contributed by atoms with Gasteiger partial charge in [-0.25, -0.2) is 4.79 Å². The van der Waals surface area contributed by atoms with E-state index in [0.717, 1.165) is 38.9 Å². The largest absolute Gasteiger partial charge is 0.461 e. The van der Waals surface area contributed by atoms with E-state index in [1.54, 1.807) is 0 Å². The second kappa shape index (κ2) is 5.61. The molecular weight excluding hydrogens is 232 g/mol. The van der Waals surface area contributed by atoms with Gasteiger partial charge in [-0.15, -0.1) is 0 Å². The maximum Gasteiger partial charge on any atom is 0.357 e. The number of unbranched alkanes of at least 4 members (excludes halogenated alkanes) is 1. The first kappa shape index (κ1) is 13.2. The number of carbonyl (C=O) groups is 1. The minimum atomic E-state index is -0.254. The number of H-pyrrole nitrogens is 1. The number of nitrogens with zero attached hydrogens (tertiary/aromatic N) is 1. The van der Waals surface area contributed by atoms with E-state index >= 15 is 0 Å². The normalized spacial score (nSPS) is 18.8. The SMILES string of the molecule is CCCCOC(=O)c1cn(C2(C)CCOCC2)[nH]1. The Morgan fingerprint density at radius 2 is 2.22 bits per heavy atom. The van der Waals surface area contributed by atoms with E-state index < -0.39 is 0 Å². The lowest BCUT2D eigenvalue weighted by molar-refractivity contribution is 0.0189. The Morgan fingerprint density at radius 1 is 1.56 bits per heavy atom. The fourth-order valence-corrected chi connectivity index (χ4v) is 2.08. The first-order chi connectivity index (χ1) is 8.65. The first-order valence-electron chi connectivity index (χ1n) is 6.68. The lowest BCUT2D eigenvalue weighted by atomic mass is 9.92. The smallest absolute Gasteiger partial charge is 0.357 e. The third-order valence-electron chi connectivity index (χ3n) is 3.60. The van der Waals surface area contributed by atoms with E-state index in [9.17, 15) is 4.79 Å². The van der Waals surface area contributed by atoms with Gasteiger partial charge in [0.2, 0.25) is 0 Å². The number of carbonyl (C=O) groups excluding carboxylic acids is 1. The summed E-state index contributed by atoms with van der Waals surface area (Å²) in [6.07, 6.45) is 5.73. The van der Waals surface area contributed by atoms with Crippen LogP contribution in [0.15, 0.2) is 6.20 Å². The molecule has 1 fully saturated rings. The van der Waals surface area contributed by atoms with Gasteiger partial charge in [-0.1, -0.05) is 13.3 Å². The van der Waals surface area contributed by atoms with Gasteiger partial charge in [0.15, 0.2) is 5.69 Å². The van der Waals surface area contributed by atoms with Crippen molar-refractivity contribution in [1.29, 1.82) is 0 Å². The summed E-state index contributed by atoms with van der Waals surface area (Å²) in [6.45, 7) is 6.30. The molecule has 1 aliphatic rings. The molecule has 0 atom stereocenters. The molecule has 1 aromatic rings. The standard InChI is InChI=1S/C13H22N2O3/c1-3-4-7-18-12(16)11-10-15(14-11)13(2)5-8-17-9-6-13/h10,14H,3-9H2,1-2H3. The maximum atomic E-state index is 11.6. The van der Waals surface area contributed by atoms with Gasteiger partial charge < -0.3 is 9.47 Å². The van der Waals surface area contributed by atoms with Crippen LogP contribution in [-0.2, 0) is 15.0 Å². The monoisotopic (exact) mass is 254 g/mol. The predicted molar refractivity (Wildman–Crippen MR) is 67.7 cm³/mol. The molecule has 18 heavy (non-hydrogen) atoms. The van der Waals surface area contributed by atoms with Gasteiger partial charge >= 0.3 is 5.97 Å². The quantitative estimate of drug-likeness (QED) is 0.648. The van der Waals surface area contributed by atoms with Crippen molar-refractivity contribution in [3.05, 3.63) is 11.9 Å². The van der Waals surface area contributed by atoms with E-state index in [-0.39, 0.29) is 11.5 Å². The van der Waals surface area contributed by atoms with Crippen molar-refractivity contribution in [1.82, 2.24) is 9.78 Å². The van der Waals surface area contributed by atoms with Crippen LogP contribution in [0, 0.1) is 0 Å². The van der Waals surface area contributed by atoms with Crippen molar-refractivity contribution in [2.45, 2.75) is 45.1 Å². The van der Waals surface area contributed by atoms with Crippen LogP contribution < -0.4 is 0 Å². The van der Waals surface area contributed by atoms with Gasteiger partial charge in [0.1, 0.15) is 0 Å². The van der Waals surface area contributed by atoms with Crippen molar-refractivity contribution in [2.24, 2.45) is 0 Å². The zero-order chi connectivity index (χ0) is 13.0. The zero-order valence-electron chi connectivity index (χ0n) is 11.2. The molecule has 0 unspecified atom stereocenters. The lowest BCUT2D eigenvalue weighted by Gasteiger charge is -2.37. The Hall–Kier alpha value is -1.23. The van der Waals surface area contributed by atoms with Gasteiger partial charge in [-0.2, -0.15) is 0 Å². The average Bonchev–Trinajstić information content (AvgIpc) is 2.28. The topological polar surface area (TPSA) is 56.2 Å². The first-order valence-corrected chi connectivity index (χ1v) is 6.68. The molecular formula is C13H22N2O3. The van der Waals surface area contributed by atoms with Gasteiger partial charge in [0, 0.05) is 13.2 Å². The molecule has 0 amide bonds.